The van der Waals surface area contributed by atoms with Crippen molar-refractivity contribution in [2.24, 2.45) is 0 Å². The van der Waals surface area contributed by atoms with Crippen LogP contribution in [0.15, 0.2) is 42.5 Å². The first-order valence-electron chi connectivity index (χ1n) is 7.52. The van der Waals surface area contributed by atoms with Gasteiger partial charge in [0.2, 0.25) is 0 Å². The van der Waals surface area contributed by atoms with Gasteiger partial charge >= 0.3 is 5.97 Å². The summed E-state index contributed by atoms with van der Waals surface area (Å²) in [5, 5.41) is 2.74. The van der Waals surface area contributed by atoms with Gasteiger partial charge in [-0.25, -0.2) is 4.79 Å². The third kappa shape index (κ3) is 4.42. The zero-order valence-corrected chi connectivity index (χ0v) is 13.8. The predicted octanol–water partition coefficient (Wildman–Crippen LogP) is 3.80. The lowest BCUT2D eigenvalue weighted by Crippen LogP contribution is -2.30. The van der Waals surface area contributed by atoms with Crippen LogP contribution in [0.5, 0.6) is 0 Å². The monoisotopic (exact) mass is 311 g/mol. The fourth-order valence-electron chi connectivity index (χ4n) is 2.12. The van der Waals surface area contributed by atoms with Crippen molar-refractivity contribution in [2.75, 3.05) is 5.32 Å². The van der Waals surface area contributed by atoms with E-state index in [0.717, 1.165) is 16.7 Å². The Morgan fingerprint density at radius 2 is 1.74 bits per heavy atom. The Bertz CT molecular complexity index is 737. The maximum Gasteiger partial charge on any atom is 0.338 e. The standard InChI is InChI=1S/C19H21NO3/c1-12-6-5-7-17(10-12)20-18(21)15(4)23-19(22)16-9-8-13(2)14(3)11-16/h5-11,15H,1-4H3,(H,20,21)/t15-/m1/s1. The molecule has 1 N–H and O–H groups in total. The van der Waals surface area contributed by atoms with E-state index in [1.165, 1.54) is 0 Å². The van der Waals surface area contributed by atoms with Crippen molar-refractivity contribution in [1.82, 2.24) is 0 Å². The lowest BCUT2D eigenvalue weighted by atomic mass is 10.1. The highest BCUT2D eigenvalue weighted by Gasteiger charge is 2.19. The molecule has 0 saturated carbocycles. The molecule has 2 rings (SSSR count). The summed E-state index contributed by atoms with van der Waals surface area (Å²) in [6, 6.07) is 12.8. The van der Waals surface area contributed by atoms with Crippen LogP contribution in [0.1, 0.15) is 34.0 Å². The van der Waals surface area contributed by atoms with Crippen molar-refractivity contribution < 1.29 is 14.3 Å². The molecule has 0 radical (unpaired) electrons. The molecule has 0 spiro atoms. The molecule has 0 bridgehead atoms. The number of hydrogen-bond donors (Lipinski definition) is 1. The van der Waals surface area contributed by atoms with Crippen LogP contribution in [-0.4, -0.2) is 18.0 Å². The van der Waals surface area contributed by atoms with E-state index in [-0.39, 0.29) is 5.91 Å². The number of esters is 1. The van der Waals surface area contributed by atoms with Crippen molar-refractivity contribution in [3.8, 4) is 0 Å². The van der Waals surface area contributed by atoms with Gasteiger partial charge in [0.25, 0.3) is 5.91 Å². The molecule has 0 heterocycles. The van der Waals surface area contributed by atoms with Gasteiger partial charge in [0, 0.05) is 5.69 Å². The number of aryl methyl sites for hydroxylation is 3. The number of rotatable bonds is 4. The Morgan fingerprint density at radius 3 is 2.39 bits per heavy atom. The van der Waals surface area contributed by atoms with E-state index >= 15 is 0 Å². The van der Waals surface area contributed by atoms with Crippen LogP contribution in [0.2, 0.25) is 0 Å². The molecule has 0 unspecified atom stereocenters. The van der Waals surface area contributed by atoms with E-state index < -0.39 is 12.1 Å². The van der Waals surface area contributed by atoms with Crippen LogP contribution in [0.4, 0.5) is 5.69 Å². The van der Waals surface area contributed by atoms with Crippen molar-refractivity contribution in [3.05, 3.63) is 64.7 Å². The van der Waals surface area contributed by atoms with E-state index in [2.05, 4.69) is 5.32 Å². The summed E-state index contributed by atoms with van der Waals surface area (Å²) in [5.74, 6) is -0.854. The number of nitrogens with one attached hydrogen (secondary N) is 1. The van der Waals surface area contributed by atoms with Gasteiger partial charge < -0.3 is 10.1 Å². The molecule has 2 aromatic rings. The molecule has 2 aromatic carbocycles. The largest absolute Gasteiger partial charge is 0.449 e. The first kappa shape index (κ1) is 16.7. The fourth-order valence-corrected chi connectivity index (χ4v) is 2.12. The summed E-state index contributed by atoms with van der Waals surface area (Å²) in [4.78, 5) is 24.3. The Kier molecular flexibility index (Phi) is 5.16. The summed E-state index contributed by atoms with van der Waals surface area (Å²) in [6.07, 6.45) is -0.871. The summed E-state index contributed by atoms with van der Waals surface area (Å²) < 4.78 is 5.24. The van der Waals surface area contributed by atoms with Crippen molar-refractivity contribution in [2.45, 2.75) is 33.8 Å². The highest BCUT2D eigenvalue weighted by atomic mass is 16.5. The molecule has 0 aliphatic rings. The predicted molar refractivity (Wildman–Crippen MR) is 90.6 cm³/mol. The third-order valence-corrected chi connectivity index (χ3v) is 3.68. The molecule has 0 aromatic heterocycles. The number of benzene rings is 2. The topological polar surface area (TPSA) is 55.4 Å². The average Bonchev–Trinajstić information content (AvgIpc) is 2.49. The van der Waals surface area contributed by atoms with E-state index in [1.807, 2.05) is 45.0 Å². The molecular weight excluding hydrogens is 290 g/mol. The van der Waals surface area contributed by atoms with Crippen LogP contribution < -0.4 is 5.32 Å². The van der Waals surface area contributed by atoms with E-state index in [0.29, 0.717) is 11.3 Å². The van der Waals surface area contributed by atoms with Gasteiger partial charge in [-0.2, -0.15) is 0 Å². The highest BCUT2D eigenvalue weighted by Crippen LogP contribution is 2.13. The molecule has 1 amide bonds. The Balaban J connectivity index is 2.00. The van der Waals surface area contributed by atoms with Crippen molar-refractivity contribution >= 4 is 17.6 Å². The summed E-state index contributed by atoms with van der Waals surface area (Å²) in [7, 11) is 0. The lowest BCUT2D eigenvalue weighted by Gasteiger charge is -2.14. The summed E-state index contributed by atoms with van der Waals surface area (Å²) in [6.45, 7) is 7.41. The molecule has 0 fully saturated rings. The molecule has 4 nitrogen and oxygen atoms in total. The normalized spacial score (nSPS) is 11.7. The molecular formula is C19H21NO3. The molecule has 1 atom stereocenters. The SMILES string of the molecule is Cc1cccc(NC(=O)[C@@H](C)OC(=O)c2ccc(C)c(C)c2)c1. The van der Waals surface area contributed by atoms with Crippen LogP contribution in [0.25, 0.3) is 0 Å². The molecule has 0 aliphatic carbocycles. The first-order chi connectivity index (χ1) is 10.9. The van der Waals surface area contributed by atoms with E-state index in [4.69, 9.17) is 4.74 Å². The fraction of sp³-hybridized carbons (Fsp3) is 0.263. The number of ether oxygens (including phenoxy) is 1. The summed E-state index contributed by atoms with van der Waals surface area (Å²) >= 11 is 0. The van der Waals surface area contributed by atoms with Gasteiger partial charge in [-0.1, -0.05) is 18.2 Å². The molecule has 4 heteroatoms. The Hall–Kier alpha value is -2.62. The maximum atomic E-state index is 12.1. The quantitative estimate of drug-likeness (QED) is 0.874. The molecule has 23 heavy (non-hydrogen) atoms. The van der Waals surface area contributed by atoms with E-state index in [9.17, 15) is 9.59 Å². The Morgan fingerprint density at radius 1 is 1.00 bits per heavy atom. The van der Waals surface area contributed by atoms with Crippen molar-refractivity contribution in [1.29, 1.82) is 0 Å². The van der Waals surface area contributed by atoms with Crippen molar-refractivity contribution in [3.63, 3.8) is 0 Å². The Labute approximate surface area is 136 Å². The molecule has 0 aliphatic heterocycles. The lowest BCUT2D eigenvalue weighted by molar-refractivity contribution is -0.123. The molecule has 0 saturated heterocycles. The summed E-state index contributed by atoms with van der Waals surface area (Å²) in [5.41, 5.74) is 4.29. The second kappa shape index (κ2) is 7.09. The number of carbonyl (C=O) groups excluding carboxylic acids is 2. The van der Waals surface area contributed by atoms with Crippen LogP contribution in [0, 0.1) is 20.8 Å². The van der Waals surface area contributed by atoms with Gasteiger partial charge in [0.15, 0.2) is 6.10 Å². The third-order valence-electron chi connectivity index (χ3n) is 3.68. The zero-order chi connectivity index (χ0) is 17.0. The van der Waals surface area contributed by atoms with E-state index in [1.54, 1.807) is 25.1 Å². The first-order valence-corrected chi connectivity index (χ1v) is 7.52. The second-order valence-electron chi connectivity index (χ2n) is 5.71. The van der Waals surface area contributed by atoms with Crippen LogP contribution >= 0.6 is 0 Å². The number of carbonyl (C=O) groups is 2. The molecule has 120 valence electrons. The van der Waals surface area contributed by atoms with Gasteiger partial charge in [0.1, 0.15) is 0 Å². The second-order valence-corrected chi connectivity index (χ2v) is 5.71. The average molecular weight is 311 g/mol. The zero-order valence-electron chi connectivity index (χ0n) is 13.8. The van der Waals surface area contributed by atoms with Gasteiger partial charge in [-0.05, 0) is 68.7 Å². The van der Waals surface area contributed by atoms with Crippen LogP contribution in [0.3, 0.4) is 0 Å². The number of anilines is 1. The highest BCUT2D eigenvalue weighted by molar-refractivity contribution is 5.97. The smallest absolute Gasteiger partial charge is 0.338 e. The van der Waals surface area contributed by atoms with Gasteiger partial charge in [-0.15, -0.1) is 0 Å². The number of hydrogen-bond acceptors (Lipinski definition) is 3. The van der Waals surface area contributed by atoms with Gasteiger partial charge in [-0.3, -0.25) is 4.79 Å². The van der Waals surface area contributed by atoms with Crippen LogP contribution in [-0.2, 0) is 9.53 Å². The minimum atomic E-state index is -0.871. The van der Waals surface area contributed by atoms with Gasteiger partial charge in [0.05, 0.1) is 5.56 Å². The maximum absolute atomic E-state index is 12.1. The minimum Gasteiger partial charge on any atom is -0.449 e. The minimum absolute atomic E-state index is 0.354. The number of amides is 1.